The predicted octanol–water partition coefficient (Wildman–Crippen LogP) is 10.7. The molecule has 0 unspecified atom stereocenters. The highest BCUT2D eigenvalue weighted by atomic mass is 16.3. The summed E-state index contributed by atoms with van der Waals surface area (Å²) in [5, 5.41) is 15.9. The first kappa shape index (κ1) is 25.2. The molecule has 0 bridgehead atoms. The van der Waals surface area contributed by atoms with E-state index in [2.05, 4.69) is 103 Å². The van der Waals surface area contributed by atoms with Crippen LogP contribution in [0.15, 0.2) is 144 Å². The van der Waals surface area contributed by atoms with Crippen LogP contribution < -0.4 is 0 Å². The number of hydrogen-bond acceptors (Lipinski definition) is 4. The van der Waals surface area contributed by atoms with Crippen molar-refractivity contribution in [2.75, 3.05) is 0 Å². The molecular weight excluding hydrogens is 550 g/mol. The molecule has 9 aromatic rings. The van der Waals surface area contributed by atoms with E-state index in [1.54, 1.807) is 0 Å². The zero-order valence-corrected chi connectivity index (χ0v) is 24.0. The minimum Gasteiger partial charge on any atom is -0.455 e. The summed E-state index contributed by atoms with van der Waals surface area (Å²) in [5.74, 6) is 0. The molecule has 0 aliphatic rings. The lowest BCUT2D eigenvalue weighted by Crippen LogP contribution is -1.91. The third-order valence-electron chi connectivity index (χ3n) is 8.68. The Hall–Kier alpha value is -6.31. The Labute approximate surface area is 258 Å². The van der Waals surface area contributed by atoms with E-state index in [0.29, 0.717) is 5.56 Å². The molecule has 45 heavy (non-hydrogen) atoms. The van der Waals surface area contributed by atoms with Crippen molar-refractivity contribution in [1.29, 1.82) is 5.26 Å². The monoisotopic (exact) mass is 573 g/mol. The third-order valence-corrected chi connectivity index (χ3v) is 8.68. The fraction of sp³-hybridized carbons (Fsp3) is 0. The number of nitrogens with zero attached hydrogens (tertiary/aromatic N) is 3. The van der Waals surface area contributed by atoms with Gasteiger partial charge in [-0.3, -0.25) is 0 Å². The number of aromatic nitrogens is 2. The summed E-state index contributed by atoms with van der Waals surface area (Å²) in [5.41, 5.74) is 9.96. The summed E-state index contributed by atoms with van der Waals surface area (Å²) >= 11 is 0. The van der Waals surface area contributed by atoms with Gasteiger partial charge in [-0.15, -0.1) is 0 Å². The lowest BCUT2D eigenvalue weighted by atomic mass is 9.93. The van der Waals surface area contributed by atoms with Crippen molar-refractivity contribution in [3.63, 3.8) is 0 Å². The van der Waals surface area contributed by atoms with Gasteiger partial charge in [0.05, 0.1) is 34.1 Å². The summed E-state index contributed by atoms with van der Waals surface area (Å²) < 4.78 is 6.34. The molecule has 3 heterocycles. The van der Waals surface area contributed by atoms with Gasteiger partial charge in [-0.05, 0) is 52.9 Å². The second-order valence-corrected chi connectivity index (χ2v) is 11.3. The summed E-state index contributed by atoms with van der Waals surface area (Å²) in [4.78, 5) is 10.3. The third kappa shape index (κ3) is 3.99. The molecule has 0 aliphatic carbocycles. The first-order valence-electron chi connectivity index (χ1n) is 14.9. The van der Waals surface area contributed by atoms with Crippen molar-refractivity contribution in [1.82, 2.24) is 9.97 Å². The first-order valence-corrected chi connectivity index (χ1v) is 14.9. The van der Waals surface area contributed by atoms with E-state index >= 15 is 0 Å². The first-order chi connectivity index (χ1) is 22.2. The fourth-order valence-corrected chi connectivity index (χ4v) is 6.52. The molecular formula is C41H23N3O. The molecule has 0 aliphatic heterocycles. The number of benzene rings is 6. The molecule has 0 atom stereocenters. The molecule has 0 radical (unpaired) electrons. The zero-order chi connectivity index (χ0) is 29.9. The van der Waals surface area contributed by atoms with Crippen molar-refractivity contribution in [2.45, 2.75) is 0 Å². The molecule has 0 saturated carbocycles. The van der Waals surface area contributed by atoms with Crippen molar-refractivity contribution in [2.24, 2.45) is 0 Å². The van der Waals surface area contributed by atoms with Crippen LogP contribution in [-0.2, 0) is 0 Å². The van der Waals surface area contributed by atoms with Gasteiger partial charge in [0.1, 0.15) is 11.2 Å². The summed E-state index contributed by atoms with van der Waals surface area (Å²) in [6.07, 6.45) is 0. The number of nitriles is 1. The number of pyridine rings is 2. The highest BCUT2D eigenvalue weighted by molar-refractivity contribution is 6.20. The Morgan fingerprint density at radius 2 is 1.13 bits per heavy atom. The highest BCUT2D eigenvalue weighted by Crippen LogP contribution is 2.41. The Morgan fingerprint density at radius 1 is 0.511 bits per heavy atom. The average Bonchev–Trinajstić information content (AvgIpc) is 3.50. The van der Waals surface area contributed by atoms with Gasteiger partial charge in [-0.2, -0.15) is 5.26 Å². The van der Waals surface area contributed by atoms with Gasteiger partial charge in [0, 0.05) is 38.1 Å². The molecule has 0 N–H and O–H groups in total. The van der Waals surface area contributed by atoms with Crippen LogP contribution >= 0.6 is 0 Å². The second-order valence-electron chi connectivity index (χ2n) is 11.3. The second kappa shape index (κ2) is 9.87. The maximum Gasteiger partial charge on any atom is 0.143 e. The van der Waals surface area contributed by atoms with Crippen LogP contribution in [-0.4, -0.2) is 9.97 Å². The highest BCUT2D eigenvalue weighted by Gasteiger charge is 2.17. The van der Waals surface area contributed by atoms with Gasteiger partial charge >= 0.3 is 0 Å². The van der Waals surface area contributed by atoms with Crippen molar-refractivity contribution >= 4 is 54.5 Å². The Morgan fingerprint density at radius 3 is 1.89 bits per heavy atom. The summed E-state index contributed by atoms with van der Waals surface area (Å²) in [6, 6.07) is 49.9. The van der Waals surface area contributed by atoms with E-state index in [1.165, 1.54) is 0 Å². The van der Waals surface area contributed by atoms with Gasteiger partial charge < -0.3 is 4.42 Å². The number of fused-ring (bicyclic) bond motifs is 8. The van der Waals surface area contributed by atoms with Crippen molar-refractivity contribution in [3.8, 4) is 39.7 Å². The van der Waals surface area contributed by atoms with Gasteiger partial charge in [0.2, 0.25) is 0 Å². The Bertz CT molecular complexity index is 2660. The van der Waals surface area contributed by atoms with Gasteiger partial charge in [0.25, 0.3) is 0 Å². The predicted molar refractivity (Wildman–Crippen MR) is 183 cm³/mol. The zero-order valence-electron chi connectivity index (χ0n) is 24.0. The molecule has 6 aromatic carbocycles. The summed E-state index contributed by atoms with van der Waals surface area (Å²) in [6.45, 7) is 0. The molecule has 3 aromatic heterocycles. The van der Waals surface area contributed by atoms with Crippen LogP contribution in [0.25, 0.3) is 88.2 Å². The van der Waals surface area contributed by atoms with E-state index in [9.17, 15) is 5.26 Å². The SMILES string of the molecule is N#Cc1cccc2oc3c4ccccc4c(-c4cccc(-c5ccc6ccc7ccc(-c8ccccc8)nc7c6n5)c4)cc3c12. The van der Waals surface area contributed by atoms with E-state index in [1.807, 2.05) is 42.5 Å². The molecule has 0 spiro atoms. The van der Waals surface area contributed by atoms with E-state index in [4.69, 9.17) is 14.4 Å². The lowest BCUT2D eigenvalue weighted by Gasteiger charge is -2.11. The standard InChI is InChI=1S/C41H23N3O/c42-24-30-12-7-15-37-38(30)34-23-33(31-13-4-5-14-32(31)41(34)45-37)28-10-6-11-29(22-28)36-21-19-27-17-16-26-18-20-35(25-8-2-1-3-9-25)43-39(26)40(27)44-36/h1-23H. The van der Waals surface area contributed by atoms with Crippen molar-refractivity contribution in [3.05, 3.63) is 145 Å². The molecule has 4 nitrogen and oxygen atoms in total. The van der Waals surface area contributed by atoms with Crippen molar-refractivity contribution < 1.29 is 4.42 Å². The Kier molecular flexibility index (Phi) is 5.53. The van der Waals surface area contributed by atoms with Crippen LogP contribution in [0.1, 0.15) is 5.56 Å². The number of furan rings is 1. The van der Waals surface area contributed by atoms with E-state index < -0.39 is 0 Å². The lowest BCUT2D eigenvalue weighted by molar-refractivity contribution is 0.672. The molecule has 0 fully saturated rings. The van der Waals surface area contributed by atoms with E-state index in [0.717, 1.165) is 88.2 Å². The average molecular weight is 574 g/mol. The maximum atomic E-state index is 9.89. The van der Waals surface area contributed by atoms with Gasteiger partial charge in [-0.1, -0.05) is 103 Å². The minimum absolute atomic E-state index is 0.609. The smallest absolute Gasteiger partial charge is 0.143 e. The number of hydrogen-bond donors (Lipinski definition) is 0. The van der Waals surface area contributed by atoms with Crippen LogP contribution in [0.5, 0.6) is 0 Å². The largest absolute Gasteiger partial charge is 0.455 e. The van der Waals surface area contributed by atoms with Crippen LogP contribution in [0.2, 0.25) is 0 Å². The molecule has 208 valence electrons. The van der Waals surface area contributed by atoms with Gasteiger partial charge in [-0.25, -0.2) is 9.97 Å². The maximum absolute atomic E-state index is 9.89. The van der Waals surface area contributed by atoms with E-state index in [-0.39, 0.29) is 0 Å². The van der Waals surface area contributed by atoms with Crippen LogP contribution in [0, 0.1) is 11.3 Å². The topological polar surface area (TPSA) is 62.7 Å². The number of rotatable bonds is 3. The molecule has 9 rings (SSSR count). The molecule has 4 heteroatoms. The summed E-state index contributed by atoms with van der Waals surface area (Å²) in [7, 11) is 0. The van der Waals surface area contributed by atoms with Crippen LogP contribution in [0.3, 0.4) is 0 Å². The molecule has 0 saturated heterocycles. The van der Waals surface area contributed by atoms with Crippen LogP contribution in [0.4, 0.5) is 0 Å². The minimum atomic E-state index is 0.609. The Balaban J connectivity index is 1.24. The normalized spacial score (nSPS) is 11.5. The molecule has 0 amide bonds. The van der Waals surface area contributed by atoms with Gasteiger partial charge in [0.15, 0.2) is 0 Å². The fourth-order valence-electron chi connectivity index (χ4n) is 6.52. The quantitative estimate of drug-likeness (QED) is 0.197.